The van der Waals surface area contributed by atoms with Crippen molar-refractivity contribution in [2.45, 2.75) is 39.3 Å². The fourth-order valence-corrected chi connectivity index (χ4v) is 6.53. The van der Waals surface area contributed by atoms with Gasteiger partial charge < -0.3 is 0 Å². The van der Waals surface area contributed by atoms with Crippen LogP contribution >= 0.6 is 31.9 Å². The molecule has 8 rings (SSSR count). The predicted octanol–water partition coefficient (Wildman–Crippen LogP) is -1.47. The minimum Gasteiger partial charge on any atom is -0.286 e. The minimum atomic E-state index is -4.94. The predicted molar refractivity (Wildman–Crippen MR) is 221 cm³/mol. The van der Waals surface area contributed by atoms with Crippen molar-refractivity contribution >= 4 is 31.9 Å². The molecule has 20 nitrogen and oxygen atoms in total. The third kappa shape index (κ3) is 21.7. The molecule has 0 N–H and O–H groups in total. The molecule has 0 amide bonds. The number of pyridine rings is 4. The molecule has 0 radical (unpaired) electrons. The van der Waals surface area contributed by atoms with Crippen LogP contribution in [0.15, 0.2) is 167 Å². The summed E-state index contributed by atoms with van der Waals surface area (Å²) in [6.45, 7) is 4.20. The van der Waals surface area contributed by atoms with Crippen molar-refractivity contribution in [3.63, 3.8) is 0 Å². The summed E-state index contributed by atoms with van der Waals surface area (Å²) in [7, 11) is -9.89. The summed E-state index contributed by atoms with van der Waals surface area (Å²) in [6, 6.07) is 40.0. The first-order valence-electron chi connectivity index (χ1n) is 19.1. The van der Waals surface area contributed by atoms with Crippen LogP contribution in [0.3, 0.4) is 0 Å². The van der Waals surface area contributed by atoms with E-state index in [1.54, 1.807) is 0 Å². The quantitative estimate of drug-likeness (QED) is 0.112. The largest absolute Gasteiger partial charge is 2.00 e. The van der Waals surface area contributed by atoms with Crippen molar-refractivity contribution in [3.8, 4) is 11.4 Å². The average molecular weight is 1130 g/mol. The van der Waals surface area contributed by atoms with E-state index < -0.39 is 20.5 Å². The van der Waals surface area contributed by atoms with Gasteiger partial charge in [0.2, 0.25) is 0 Å². The molecular weight excluding hydrogens is 1100 g/mol. The molecule has 6 heterocycles. The molecule has 0 fully saturated rings. The van der Waals surface area contributed by atoms with Gasteiger partial charge in [-0.25, -0.2) is 46.6 Å². The zero-order chi connectivity index (χ0) is 47.4. The number of nitrogens with zero attached hydrogens (tertiary/aromatic N) is 12. The van der Waals surface area contributed by atoms with Crippen LogP contribution in [0.1, 0.15) is 34.2 Å². The van der Waals surface area contributed by atoms with Crippen LogP contribution in [0.25, 0.3) is 11.4 Å². The zero-order valence-corrected chi connectivity index (χ0v) is 42.8. The maximum atomic E-state index is 8.49. The summed E-state index contributed by atoms with van der Waals surface area (Å²) in [4.78, 5) is 22.5. The molecule has 0 aliphatic heterocycles. The molecule has 25 heteroatoms. The maximum Gasteiger partial charge on any atom is 2.00 e. The number of hydrogen-bond acceptors (Lipinski definition) is 18. The second-order valence-electron chi connectivity index (χ2n) is 13.6. The second-order valence-corrected chi connectivity index (χ2v) is 16.9. The van der Waals surface area contributed by atoms with Crippen molar-refractivity contribution < 1.29 is 77.2 Å². The fourth-order valence-electron chi connectivity index (χ4n) is 6.00. The molecule has 8 aromatic rings. The van der Waals surface area contributed by atoms with Gasteiger partial charge in [-0.05, 0) is 97.1 Å². The molecule has 67 heavy (non-hydrogen) atoms. The van der Waals surface area contributed by atoms with E-state index in [1.165, 1.54) is 0 Å². The Morgan fingerprint density at radius 1 is 0.403 bits per heavy atom. The van der Waals surface area contributed by atoms with E-state index in [1.807, 2.05) is 168 Å². The maximum absolute atomic E-state index is 8.49. The van der Waals surface area contributed by atoms with E-state index in [2.05, 4.69) is 82.2 Å². The number of aromatic nitrogens is 10. The van der Waals surface area contributed by atoms with Gasteiger partial charge in [0.25, 0.3) is 0 Å². The molecule has 0 bridgehead atoms. The first kappa shape index (κ1) is 54.7. The molecular formula is C42H38Br2Cl2N12O8Zn. The smallest absolute Gasteiger partial charge is 0.286 e. The normalized spacial score (nSPS) is 11.0. The van der Waals surface area contributed by atoms with Gasteiger partial charge in [0.15, 0.2) is 0 Å². The van der Waals surface area contributed by atoms with E-state index in [0.29, 0.717) is 39.3 Å². The van der Waals surface area contributed by atoms with E-state index in [4.69, 9.17) is 37.3 Å². The van der Waals surface area contributed by atoms with Gasteiger partial charge in [-0.1, -0.05) is 66.6 Å². The summed E-state index contributed by atoms with van der Waals surface area (Å²) >= 11 is 6.95. The second kappa shape index (κ2) is 27.8. The van der Waals surface area contributed by atoms with E-state index in [9.17, 15) is 0 Å². The van der Waals surface area contributed by atoms with Gasteiger partial charge in [-0.3, -0.25) is 29.7 Å². The molecule has 0 unspecified atom stereocenters. The molecule has 0 saturated carbocycles. The van der Waals surface area contributed by atoms with Crippen LogP contribution in [-0.4, -0.2) is 59.7 Å². The zero-order valence-electron chi connectivity index (χ0n) is 35.1. The fraction of sp³-hybridized carbons (Fsp3) is 0.143. The SMILES string of the molecule is Brc1ccc(-n2nncc2CN(Cc2ccccn2)Cc2ccccn2)cc1.Brc1ccc(-n2nncc2CN(Cc2ccccn2)Cc2ccccn2)cc1.[O-][Cl+3]([O-])([O-])[O-].[O-][Cl+3]([O-])([O-])[O-].[Zn+2]. The Kier molecular flexibility index (Phi) is 22.7. The van der Waals surface area contributed by atoms with Gasteiger partial charge >= 0.3 is 19.5 Å². The van der Waals surface area contributed by atoms with Crippen molar-refractivity contribution in [2.24, 2.45) is 0 Å². The topological polar surface area (TPSA) is 304 Å². The molecule has 0 aliphatic carbocycles. The Bertz CT molecular complexity index is 2320. The van der Waals surface area contributed by atoms with E-state index >= 15 is 0 Å². The molecule has 344 valence electrons. The summed E-state index contributed by atoms with van der Waals surface area (Å²) in [6.07, 6.45) is 10.9. The van der Waals surface area contributed by atoms with Crippen molar-refractivity contribution in [3.05, 3.63) is 202 Å². The number of rotatable bonds is 14. The summed E-state index contributed by atoms with van der Waals surface area (Å²) in [5, 5.41) is 16.8. The molecule has 2 aromatic carbocycles. The Morgan fingerprint density at radius 3 is 0.910 bits per heavy atom. The van der Waals surface area contributed by atoms with Gasteiger partial charge in [0, 0.05) is 73.0 Å². The van der Waals surface area contributed by atoms with Crippen LogP contribution in [0.2, 0.25) is 0 Å². The van der Waals surface area contributed by atoms with Crippen LogP contribution in [0.4, 0.5) is 0 Å². The molecule has 0 spiro atoms. The Balaban J connectivity index is 0.000000241. The summed E-state index contributed by atoms with van der Waals surface area (Å²) in [5.74, 6) is 0. The van der Waals surface area contributed by atoms with Crippen molar-refractivity contribution in [1.82, 2.24) is 59.7 Å². The van der Waals surface area contributed by atoms with Crippen molar-refractivity contribution in [2.75, 3.05) is 0 Å². The Hall–Kier alpha value is -4.92. The van der Waals surface area contributed by atoms with Crippen LogP contribution in [-0.2, 0) is 58.7 Å². The minimum absolute atomic E-state index is 0. The van der Waals surface area contributed by atoms with Gasteiger partial charge in [0.05, 0.1) is 57.9 Å². The standard InChI is InChI=1S/2C21H19BrN6.2ClHO4.Zn/c2*22-17-7-9-20(10-8-17)28-21(13-25-26-28)16-27(14-18-5-1-3-11-23-18)15-19-6-2-4-12-24-19;2*2-1(3,4)5;/h2*1-13H,14-16H2;2*(H,2,3,4,5);/q;;;;+2/p-2. The number of halogens is 4. The first-order valence-corrected chi connectivity index (χ1v) is 23.2. The van der Waals surface area contributed by atoms with Crippen LogP contribution in [0.5, 0.6) is 0 Å². The number of benzene rings is 2. The molecule has 0 aliphatic rings. The van der Waals surface area contributed by atoms with Crippen molar-refractivity contribution in [1.29, 1.82) is 0 Å². The molecule has 6 aromatic heterocycles. The van der Waals surface area contributed by atoms with Gasteiger partial charge in [-0.15, -0.1) is 30.7 Å². The van der Waals surface area contributed by atoms with E-state index in [-0.39, 0.29) is 19.5 Å². The van der Waals surface area contributed by atoms with Crippen LogP contribution < -0.4 is 37.3 Å². The molecule has 0 atom stereocenters. The Labute approximate surface area is 418 Å². The first-order chi connectivity index (χ1) is 31.6. The van der Waals surface area contributed by atoms with E-state index in [0.717, 1.165) is 54.5 Å². The van der Waals surface area contributed by atoms with Gasteiger partial charge in [0.1, 0.15) is 0 Å². The molecule has 0 saturated heterocycles. The van der Waals surface area contributed by atoms with Gasteiger partial charge in [-0.2, -0.15) is 0 Å². The third-order valence-corrected chi connectivity index (χ3v) is 9.66. The third-order valence-electron chi connectivity index (χ3n) is 8.60. The Morgan fingerprint density at radius 2 is 0.672 bits per heavy atom. The summed E-state index contributed by atoms with van der Waals surface area (Å²) in [5.41, 5.74) is 8.03. The average Bonchev–Trinajstić information content (AvgIpc) is 3.94. The number of hydrogen-bond donors (Lipinski definition) is 0. The summed E-state index contributed by atoms with van der Waals surface area (Å²) < 4.78 is 73.8. The van der Waals surface area contributed by atoms with Crippen LogP contribution in [0, 0.1) is 20.5 Å². The monoisotopic (exact) mass is 1130 g/mol.